The van der Waals surface area contributed by atoms with E-state index in [1.165, 1.54) is 6.20 Å². The van der Waals surface area contributed by atoms with Crippen molar-refractivity contribution in [3.05, 3.63) is 65.0 Å². The summed E-state index contributed by atoms with van der Waals surface area (Å²) in [5, 5.41) is 18.9. The van der Waals surface area contributed by atoms with Crippen LogP contribution in [0.2, 0.25) is 0 Å². The van der Waals surface area contributed by atoms with Crippen LogP contribution in [0.3, 0.4) is 0 Å². The Balaban J connectivity index is 1.79. The average molecular weight is 496 g/mol. The molecule has 2 heterocycles. The first kappa shape index (κ1) is 26.1. The van der Waals surface area contributed by atoms with E-state index in [0.29, 0.717) is 41.4 Å². The van der Waals surface area contributed by atoms with Gasteiger partial charge >= 0.3 is 5.97 Å². The maximum Gasteiger partial charge on any atom is 0.303 e. The highest BCUT2D eigenvalue weighted by molar-refractivity contribution is 7.90. The monoisotopic (exact) mass is 495 g/mol. The molecule has 0 aliphatic rings. The number of Topliss-reactive ketones (excluding diaryl/α,β-unsaturated/α-hetero) is 1. The number of fused-ring (bicyclic) bond motifs is 1. The molecule has 2 aromatic heterocycles. The Labute approximate surface area is 205 Å². The van der Waals surface area contributed by atoms with Gasteiger partial charge in [0.2, 0.25) is 0 Å². The molecule has 0 spiro atoms. The smallest absolute Gasteiger partial charge is 0.303 e. The number of hydrogen-bond donors (Lipinski definition) is 1. The predicted octanol–water partition coefficient (Wildman–Crippen LogP) is 4.07. The highest BCUT2D eigenvalue weighted by Crippen LogP contribution is 2.29. The molecule has 0 aliphatic heterocycles. The van der Waals surface area contributed by atoms with Gasteiger partial charge in [0.05, 0.1) is 17.1 Å². The third-order valence-electron chi connectivity index (χ3n) is 5.96. The Morgan fingerprint density at radius 3 is 2.54 bits per heavy atom. The number of ketones is 1. The van der Waals surface area contributed by atoms with Gasteiger partial charge in [-0.3, -0.25) is 9.59 Å². The van der Waals surface area contributed by atoms with E-state index in [-0.39, 0.29) is 36.0 Å². The fourth-order valence-corrected chi connectivity index (χ4v) is 5.82. The summed E-state index contributed by atoms with van der Waals surface area (Å²) in [6.07, 6.45) is 2.84. The van der Waals surface area contributed by atoms with Crippen molar-refractivity contribution in [3.63, 3.8) is 0 Å². The Morgan fingerprint density at radius 2 is 1.89 bits per heavy atom. The molecule has 1 atom stereocenters. The van der Waals surface area contributed by atoms with E-state index in [4.69, 9.17) is 5.11 Å². The van der Waals surface area contributed by atoms with Crippen LogP contribution in [0.1, 0.15) is 59.8 Å². The lowest BCUT2D eigenvalue weighted by Gasteiger charge is -2.11. The van der Waals surface area contributed by atoms with E-state index in [1.807, 2.05) is 28.8 Å². The summed E-state index contributed by atoms with van der Waals surface area (Å²) in [6, 6.07) is 12.7. The lowest BCUT2D eigenvalue weighted by atomic mass is 9.94. The fourth-order valence-electron chi connectivity index (χ4n) is 4.33. The molecule has 0 bridgehead atoms. The van der Waals surface area contributed by atoms with Gasteiger partial charge in [0, 0.05) is 42.7 Å². The molecule has 0 radical (unpaired) electrons. The summed E-state index contributed by atoms with van der Waals surface area (Å²) in [5.41, 5.74) is 2.80. The van der Waals surface area contributed by atoms with Crippen molar-refractivity contribution < 1.29 is 23.1 Å². The van der Waals surface area contributed by atoms with E-state index in [1.54, 1.807) is 32.2 Å². The molecule has 3 aromatic rings. The van der Waals surface area contributed by atoms with Crippen LogP contribution in [0.15, 0.2) is 42.6 Å². The zero-order valence-electron chi connectivity index (χ0n) is 19.9. The van der Waals surface area contributed by atoms with Gasteiger partial charge in [0.15, 0.2) is 15.6 Å². The first-order valence-corrected chi connectivity index (χ1v) is 13.3. The Bertz CT molecular complexity index is 1370. The van der Waals surface area contributed by atoms with Gasteiger partial charge in [-0.1, -0.05) is 37.3 Å². The summed E-state index contributed by atoms with van der Waals surface area (Å²) in [7, 11) is -1.47. The van der Waals surface area contributed by atoms with E-state index < -0.39 is 15.8 Å². The molecule has 0 saturated heterocycles. The maximum atomic E-state index is 13.3. The third kappa shape index (κ3) is 6.76. The number of unbranched alkanes of at least 4 members (excludes halogenated alkanes) is 1. The summed E-state index contributed by atoms with van der Waals surface area (Å²) >= 11 is 0. The standard InChI is InChI=1S/C26H29N3O5S/c1-18(13-24(31)32)12-23(30)25-21-14-20(15-27)16-28-26(21)29(2)22(25)10-6-7-11-35(33,34)17-19-8-4-3-5-9-19/h3-5,8-9,14,16,18H,6-7,10-13,17H2,1-2H3,(H,31,32). The van der Waals surface area contributed by atoms with Crippen molar-refractivity contribution in [1.82, 2.24) is 9.55 Å². The van der Waals surface area contributed by atoms with Gasteiger partial charge in [-0.05, 0) is 36.8 Å². The molecular weight excluding hydrogens is 466 g/mol. The molecule has 0 amide bonds. The lowest BCUT2D eigenvalue weighted by Crippen LogP contribution is -2.13. The number of aliphatic carboxylic acids is 1. The first-order valence-electron chi connectivity index (χ1n) is 11.5. The van der Waals surface area contributed by atoms with Crippen LogP contribution in [0, 0.1) is 17.2 Å². The topological polar surface area (TPSA) is 130 Å². The number of carbonyl (C=O) groups excluding carboxylic acids is 1. The molecule has 1 unspecified atom stereocenters. The molecule has 8 nitrogen and oxygen atoms in total. The minimum Gasteiger partial charge on any atom is -0.481 e. The number of aromatic nitrogens is 2. The van der Waals surface area contributed by atoms with E-state index >= 15 is 0 Å². The van der Waals surface area contributed by atoms with Crippen molar-refractivity contribution >= 4 is 32.6 Å². The molecule has 0 aliphatic carbocycles. The molecule has 1 aromatic carbocycles. The normalized spacial score (nSPS) is 12.4. The van der Waals surface area contributed by atoms with Crippen LogP contribution >= 0.6 is 0 Å². The van der Waals surface area contributed by atoms with Crippen LogP contribution in [-0.2, 0) is 33.9 Å². The molecule has 1 N–H and O–H groups in total. The van der Waals surface area contributed by atoms with Crippen LogP contribution in [0.25, 0.3) is 11.0 Å². The second-order valence-electron chi connectivity index (χ2n) is 8.95. The number of hydrogen-bond acceptors (Lipinski definition) is 6. The van der Waals surface area contributed by atoms with E-state index in [0.717, 1.165) is 11.3 Å². The Morgan fingerprint density at radius 1 is 1.17 bits per heavy atom. The van der Waals surface area contributed by atoms with Crippen molar-refractivity contribution in [2.75, 3.05) is 5.75 Å². The fraction of sp³-hybridized carbons (Fsp3) is 0.385. The zero-order valence-corrected chi connectivity index (χ0v) is 20.7. The first-order chi connectivity index (χ1) is 16.6. The number of aryl methyl sites for hydroxylation is 1. The highest BCUT2D eigenvalue weighted by atomic mass is 32.2. The van der Waals surface area contributed by atoms with Crippen molar-refractivity contribution in [1.29, 1.82) is 5.26 Å². The van der Waals surface area contributed by atoms with Gasteiger partial charge in [0.25, 0.3) is 0 Å². The van der Waals surface area contributed by atoms with Crippen LogP contribution in [-0.4, -0.2) is 40.6 Å². The minimum absolute atomic E-state index is 0.00601. The minimum atomic E-state index is -3.26. The quantitative estimate of drug-likeness (QED) is 0.296. The molecule has 0 saturated carbocycles. The molecule has 35 heavy (non-hydrogen) atoms. The number of nitrogens with zero attached hydrogens (tertiary/aromatic N) is 3. The van der Waals surface area contributed by atoms with Crippen LogP contribution in [0.4, 0.5) is 0 Å². The molecular formula is C26H29N3O5S. The largest absolute Gasteiger partial charge is 0.481 e. The number of rotatable bonds is 12. The van der Waals surface area contributed by atoms with Gasteiger partial charge in [-0.15, -0.1) is 0 Å². The third-order valence-corrected chi connectivity index (χ3v) is 7.64. The number of pyridine rings is 1. The van der Waals surface area contributed by atoms with Gasteiger partial charge < -0.3 is 9.67 Å². The van der Waals surface area contributed by atoms with Crippen LogP contribution < -0.4 is 0 Å². The number of carbonyl (C=O) groups is 2. The van der Waals surface area contributed by atoms with Crippen molar-refractivity contribution in [2.45, 2.75) is 44.8 Å². The Hall–Kier alpha value is -3.51. The van der Waals surface area contributed by atoms with Gasteiger partial charge in [-0.2, -0.15) is 5.26 Å². The number of sulfone groups is 1. The van der Waals surface area contributed by atoms with Gasteiger partial charge in [0.1, 0.15) is 11.7 Å². The summed E-state index contributed by atoms with van der Waals surface area (Å²) in [4.78, 5) is 28.7. The number of carboxylic acids is 1. The molecule has 0 fully saturated rings. The number of benzene rings is 1. The second kappa shape index (κ2) is 11.3. The maximum absolute atomic E-state index is 13.3. The van der Waals surface area contributed by atoms with Gasteiger partial charge in [-0.25, -0.2) is 13.4 Å². The number of carboxylic acid groups (broad SMARTS) is 1. The molecule has 9 heteroatoms. The summed E-state index contributed by atoms with van der Waals surface area (Å²) in [5.74, 6) is -1.48. The predicted molar refractivity (Wildman–Crippen MR) is 133 cm³/mol. The van der Waals surface area contributed by atoms with E-state index in [9.17, 15) is 23.3 Å². The Kier molecular flexibility index (Phi) is 8.41. The SMILES string of the molecule is CC(CC(=O)O)CC(=O)c1c(CCCCS(=O)(=O)Cc2ccccc2)n(C)c2ncc(C#N)cc12. The zero-order chi connectivity index (χ0) is 25.6. The van der Waals surface area contributed by atoms with Crippen LogP contribution in [0.5, 0.6) is 0 Å². The molecule has 184 valence electrons. The van der Waals surface area contributed by atoms with E-state index in [2.05, 4.69) is 4.98 Å². The molecule has 3 rings (SSSR count). The lowest BCUT2D eigenvalue weighted by molar-refractivity contribution is -0.137. The second-order valence-corrected chi connectivity index (χ2v) is 11.1. The number of nitriles is 1. The highest BCUT2D eigenvalue weighted by Gasteiger charge is 2.24. The summed E-state index contributed by atoms with van der Waals surface area (Å²) in [6.45, 7) is 1.72. The van der Waals surface area contributed by atoms with Crippen molar-refractivity contribution in [3.8, 4) is 6.07 Å². The average Bonchev–Trinajstić information content (AvgIpc) is 3.07. The summed E-state index contributed by atoms with van der Waals surface area (Å²) < 4.78 is 26.9. The van der Waals surface area contributed by atoms with Crippen molar-refractivity contribution in [2.24, 2.45) is 13.0 Å².